The van der Waals surface area contributed by atoms with Gasteiger partial charge in [-0.05, 0) is 42.3 Å². The lowest BCUT2D eigenvalue weighted by Gasteiger charge is -2.14. The van der Waals surface area contributed by atoms with Crippen LogP contribution in [0.5, 0.6) is 11.5 Å². The molecular weight excluding hydrogens is 474 g/mol. The van der Waals surface area contributed by atoms with Crippen molar-refractivity contribution in [1.29, 1.82) is 0 Å². The van der Waals surface area contributed by atoms with E-state index in [9.17, 15) is 4.79 Å². The summed E-state index contributed by atoms with van der Waals surface area (Å²) in [5, 5.41) is 0.657. The smallest absolute Gasteiger partial charge is 0.266 e. The van der Waals surface area contributed by atoms with E-state index in [0.29, 0.717) is 45.5 Å². The van der Waals surface area contributed by atoms with Crippen molar-refractivity contribution in [3.63, 3.8) is 0 Å². The highest BCUT2D eigenvalue weighted by atomic mass is 35.5. The van der Waals surface area contributed by atoms with Crippen LogP contribution in [0.3, 0.4) is 0 Å². The van der Waals surface area contributed by atoms with E-state index in [1.165, 1.54) is 11.8 Å². The zero-order valence-electron chi connectivity index (χ0n) is 18.0. The van der Waals surface area contributed by atoms with Crippen LogP contribution in [0.4, 0.5) is 0 Å². The molecule has 1 aliphatic heterocycles. The van der Waals surface area contributed by atoms with Gasteiger partial charge >= 0.3 is 0 Å². The molecule has 33 heavy (non-hydrogen) atoms. The first-order valence-electron chi connectivity index (χ1n) is 10.5. The van der Waals surface area contributed by atoms with Crippen LogP contribution in [-0.4, -0.2) is 21.7 Å². The lowest BCUT2D eigenvalue weighted by atomic mass is 10.1. The van der Waals surface area contributed by atoms with E-state index in [1.54, 1.807) is 4.90 Å². The highest BCUT2D eigenvalue weighted by molar-refractivity contribution is 8.26. The summed E-state index contributed by atoms with van der Waals surface area (Å²) in [5.41, 5.74) is 2.77. The molecule has 0 radical (unpaired) electrons. The van der Waals surface area contributed by atoms with Crippen LogP contribution in [-0.2, 0) is 17.9 Å². The molecule has 4 nitrogen and oxygen atoms in total. The summed E-state index contributed by atoms with van der Waals surface area (Å²) in [7, 11) is 0. The maximum atomic E-state index is 13.0. The van der Waals surface area contributed by atoms with Gasteiger partial charge < -0.3 is 9.47 Å². The van der Waals surface area contributed by atoms with Gasteiger partial charge in [0.15, 0.2) is 11.5 Å². The van der Waals surface area contributed by atoms with Gasteiger partial charge in [-0.1, -0.05) is 90.2 Å². The number of carbonyl (C=O) groups excluding carboxylic acids is 1. The SMILES string of the molecule is CCOc1cc(/C=C2\SC(=S)N(Cc3ccccc3)C2=O)ccc1OCc1ccccc1Cl. The Morgan fingerprint density at radius 2 is 1.76 bits per heavy atom. The fourth-order valence-corrected chi connectivity index (χ4v) is 4.77. The van der Waals surface area contributed by atoms with E-state index in [4.69, 9.17) is 33.3 Å². The second kappa shape index (κ2) is 10.9. The molecule has 1 saturated heterocycles. The largest absolute Gasteiger partial charge is 0.490 e. The van der Waals surface area contributed by atoms with Crippen molar-refractivity contribution in [2.75, 3.05) is 6.61 Å². The van der Waals surface area contributed by atoms with E-state index in [2.05, 4.69) is 0 Å². The Morgan fingerprint density at radius 1 is 1.00 bits per heavy atom. The van der Waals surface area contributed by atoms with Gasteiger partial charge in [0.2, 0.25) is 0 Å². The highest BCUT2D eigenvalue weighted by Gasteiger charge is 2.32. The molecule has 0 spiro atoms. The summed E-state index contributed by atoms with van der Waals surface area (Å²) in [6.45, 7) is 3.20. The van der Waals surface area contributed by atoms with Crippen LogP contribution < -0.4 is 9.47 Å². The normalized spacial score (nSPS) is 14.7. The summed E-state index contributed by atoms with van der Waals surface area (Å²) in [6.07, 6.45) is 1.84. The van der Waals surface area contributed by atoms with Crippen molar-refractivity contribution in [3.05, 3.63) is 99.4 Å². The Labute approximate surface area is 208 Å². The summed E-state index contributed by atoms with van der Waals surface area (Å²) in [6, 6.07) is 23.0. The molecule has 0 unspecified atom stereocenters. The lowest BCUT2D eigenvalue weighted by molar-refractivity contribution is -0.122. The third-order valence-electron chi connectivity index (χ3n) is 4.96. The average Bonchev–Trinajstić information content (AvgIpc) is 3.08. The van der Waals surface area contributed by atoms with E-state index < -0.39 is 0 Å². The molecule has 0 bridgehead atoms. The third-order valence-corrected chi connectivity index (χ3v) is 6.71. The van der Waals surface area contributed by atoms with E-state index >= 15 is 0 Å². The molecule has 0 saturated carbocycles. The van der Waals surface area contributed by atoms with Crippen LogP contribution in [0.15, 0.2) is 77.7 Å². The minimum atomic E-state index is -0.0918. The highest BCUT2D eigenvalue weighted by Crippen LogP contribution is 2.36. The summed E-state index contributed by atoms with van der Waals surface area (Å²) >= 11 is 13.0. The number of rotatable bonds is 8. The van der Waals surface area contributed by atoms with E-state index in [1.807, 2.05) is 85.8 Å². The number of benzene rings is 3. The molecule has 1 aliphatic rings. The Hall–Kier alpha value is -2.80. The molecular formula is C26H22ClNO3S2. The molecule has 1 amide bonds. The zero-order chi connectivity index (χ0) is 23.2. The molecule has 3 aromatic carbocycles. The third kappa shape index (κ3) is 5.77. The molecule has 0 aromatic heterocycles. The maximum absolute atomic E-state index is 13.0. The summed E-state index contributed by atoms with van der Waals surface area (Å²) in [4.78, 5) is 15.2. The summed E-state index contributed by atoms with van der Waals surface area (Å²) < 4.78 is 12.3. The second-order valence-electron chi connectivity index (χ2n) is 7.27. The molecule has 168 valence electrons. The van der Waals surface area contributed by atoms with Gasteiger partial charge in [0.05, 0.1) is 18.1 Å². The molecule has 1 fully saturated rings. The van der Waals surface area contributed by atoms with Crippen LogP contribution in [0.2, 0.25) is 5.02 Å². The predicted octanol–water partition coefficient (Wildman–Crippen LogP) is 6.72. The van der Waals surface area contributed by atoms with Crippen LogP contribution in [0.1, 0.15) is 23.6 Å². The van der Waals surface area contributed by atoms with Crippen molar-refractivity contribution in [3.8, 4) is 11.5 Å². The fourth-order valence-electron chi connectivity index (χ4n) is 3.33. The number of hydrogen-bond acceptors (Lipinski definition) is 5. The monoisotopic (exact) mass is 495 g/mol. The average molecular weight is 496 g/mol. The van der Waals surface area contributed by atoms with Gasteiger partial charge in [-0.15, -0.1) is 0 Å². The van der Waals surface area contributed by atoms with Crippen LogP contribution in [0, 0.1) is 0 Å². The molecule has 4 rings (SSSR count). The van der Waals surface area contributed by atoms with E-state index in [-0.39, 0.29) is 5.91 Å². The maximum Gasteiger partial charge on any atom is 0.266 e. The predicted molar refractivity (Wildman–Crippen MR) is 139 cm³/mol. The topological polar surface area (TPSA) is 38.8 Å². The minimum absolute atomic E-state index is 0.0918. The van der Waals surface area contributed by atoms with Crippen molar-refractivity contribution in [1.82, 2.24) is 4.90 Å². The fraction of sp³-hybridized carbons (Fsp3) is 0.154. The van der Waals surface area contributed by atoms with Gasteiger partial charge in [-0.2, -0.15) is 0 Å². The molecule has 3 aromatic rings. The molecule has 0 N–H and O–H groups in total. The Morgan fingerprint density at radius 3 is 2.52 bits per heavy atom. The quantitative estimate of drug-likeness (QED) is 0.256. The molecule has 1 heterocycles. The first kappa shape index (κ1) is 23.4. The van der Waals surface area contributed by atoms with Gasteiger partial charge in [-0.3, -0.25) is 9.69 Å². The standard InChI is InChI=1S/C26H22ClNO3S2/c1-2-30-23-14-19(12-13-22(23)31-17-20-10-6-7-11-21(20)27)15-24-25(29)28(26(32)33-24)16-18-8-4-3-5-9-18/h3-15H,2,16-17H2,1H3/b24-15-. The van der Waals surface area contributed by atoms with Crippen LogP contribution in [0.25, 0.3) is 6.08 Å². The molecule has 0 atom stereocenters. The Kier molecular flexibility index (Phi) is 7.70. The number of nitrogens with zero attached hydrogens (tertiary/aromatic N) is 1. The van der Waals surface area contributed by atoms with Gasteiger partial charge in [-0.25, -0.2) is 0 Å². The minimum Gasteiger partial charge on any atom is -0.490 e. The van der Waals surface area contributed by atoms with E-state index in [0.717, 1.165) is 16.7 Å². The Balaban J connectivity index is 1.51. The molecule has 7 heteroatoms. The van der Waals surface area contributed by atoms with Gasteiger partial charge in [0.25, 0.3) is 5.91 Å². The van der Waals surface area contributed by atoms with Gasteiger partial charge in [0, 0.05) is 10.6 Å². The van der Waals surface area contributed by atoms with Crippen molar-refractivity contribution >= 4 is 51.9 Å². The number of hydrogen-bond donors (Lipinski definition) is 0. The number of amides is 1. The molecule has 0 aliphatic carbocycles. The first-order valence-corrected chi connectivity index (χ1v) is 12.1. The number of halogens is 1. The van der Waals surface area contributed by atoms with Gasteiger partial charge in [0.1, 0.15) is 10.9 Å². The summed E-state index contributed by atoms with van der Waals surface area (Å²) in [5.74, 6) is 1.13. The number of ether oxygens (including phenoxy) is 2. The van der Waals surface area contributed by atoms with Crippen molar-refractivity contribution in [2.24, 2.45) is 0 Å². The number of thiocarbonyl (C=S) groups is 1. The van der Waals surface area contributed by atoms with Crippen molar-refractivity contribution in [2.45, 2.75) is 20.1 Å². The number of carbonyl (C=O) groups is 1. The second-order valence-corrected chi connectivity index (χ2v) is 9.36. The van der Waals surface area contributed by atoms with Crippen molar-refractivity contribution < 1.29 is 14.3 Å². The Bertz CT molecular complexity index is 1200. The number of thioether (sulfide) groups is 1. The lowest BCUT2D eigenvalue weighted by Crippen LogP contribution is -2.27. The zero-order valence-corrected chi connectivity index (χ0v) is 20.4. The first-order chi connectivity index (χ1) is 16.0. The van der Waals surface area contributed by atoms with Crippen LogP contribution >= 0.6 is 35.6 Å².